The lowest BCUT2D eigenvalue weighted by Gasteiger charge is -2.29. The van der Waals surface area contributed by atoms with Crippen molar-refractivity contribution in [3.63, 3.8) is 0 Å². The smallest absolute Gasteiger partial charge is 0.0509 e. The number of fused-ring (bicyclic) bond motifs is 1. The van der Waals surface area contributed by atoms with Crippen LogP contribution in [0, 0.1) is 17.8 Å². The molecule has 3 aliphatic heterocycles. The Kier molecular flexibility index (Phi) is 2.71. The minimum atomic E-state index is 0.734. The summed E-state index contributed by atoms with van der Waals surface area (Å²) in [6.45, 7) is 9.49. The van der Waals surface area contributed by atoms with Crippen molar-refractivity contribution < 1.29 is 4.74 Å². The molecule has 2 unspecified atom stereocenters. The van der Waals surface area contributed by atoms with Crippen LogP contribution in [-0.4, -0.2) is 50.3 Å². The van der Waals surface area contributed by atoms with E-state index in [1.165, 1.54) is 32.6 Å². The van der Waals surface area contributed by atoms with E-state index in [0.717, 1.165) is 37.0 Å². The van der Waals surface area contributed by atoms with Crippen molar-refractivity contribution in [1.29, 1.82) is 0 Å². The molecule has 0 saturated carbocycles. The molecule has 3 rings (SSSR count). The zero-order chi connectivity index (χ0) is 10.3. The van der Waals surface area contributed by atoms with Gasteiger partial charge in [0.1, 0.15) is 0 Å². The van der Waals surface area contributed by atoms with E-state index in [1.807, 2.05) is 0 Å². The fraction of sp³-hybridized carbons (Fsp3) is 1.00. The van der Waals surface area contributed by atoms with Gasteiger partial charge in [-0.15, -0.1) is 0 Å². The van der Waals surface area contributed by atoms with Crippen molar-refractivity contribution in [3.05, 3.63) is 0 Å². The first-order valence-electron chi connectivity index (χ1n) is 6.37. The first kappa shape index (κ1) is 10.1. The summed E-state index contributed by atoms with van der Waals surface area (Å²) in [6.07, 6.45) is 1.27. The van der Waals surface area contributed by atoms with Crippen molar-refractivity contribution in [1.82, 2.24) is 10.2 Å². The molecule has 86 valence electrons. The minimum absolute atomic E-state index is 0.734. The van der Waals surface area contributed by atoms with E-state index in [0.29, 0.717) is 0 Å². The Labute approximate surface area is 92.2 Å². The van der Waals surface area contributed by atoms with Gasteiger partial charge in [-0.05, 0) is 44.2 Å². The zero-order valence-electron chi connectivity index (χ0n) is 9.61. The van der Waals surface area contributed by atoms with Crippen molar-refractivity contribution in [2.24, 2.45) is 17.8 Å². The highest BCUT2D eigenvalue weighted by atomic mass is 16.5. The van der Waals surface area contributed by atoms with Gasteiger partial charge in [0, 0.05) is 25.7 Å². The van der Waals surface area contributed by atoms with Crippen LogP contribution >= 0.6 is 0 Å². The number of rotatable bonds is 2. The summed E-state index contributed by atoms with van der Waals surface area (Å²) in [5, 5.41) is 3.50. The van der Waals surface area contributed by atoms with Crippen molar-refractivity contribution in [2.45, 2.75) is 19.4 Å². The van der Waals surface area contributed by atoms with Crippen LogP contribution in [0.2, 0.25) is 0 Å². The number of hydrogen-bond acceptors (Lipinski definition) is 3. The molecule has 0 amide bonds. The van der Waals surface area contributed by atoms with Crippen LogP contribution in [0.25, 0.3) is 0 Å². The number of ether oxygens (including phenoxy) is 1. The molecule has 0 aromatic carbocycles. The Morgan fingerprint density at radius 3 is 2.60 bits per heavy atom. The Hall–Kier alpha value is -0.120. The van der Waals surface area contributed by atoms with Crippen LogP contribution in [0.1, 0.15) is 13.3 Å². The van der Waals surface area contributed by atoms with E-state index in [1.54, 1.807) is 0 Å². The number of likely N-dealkylation sites (tertiary alicyclic amines) is 1. The highest BCUT2D eigenvalue weighted by Crippen LogP contribution is 2.31. The lowest BCUT2D eigenvalue weighted by atomic mass is 9.99. The van der Waals surface area contributed by atoms with Crippen LogP contribution in [0.5, 0.6) is 0 Å². The van der Waals surface area contributed by atoms with Crippen molar-refractivity contribution in [2.75, 3.05) is 39.4 Å². The molecule has 1 N–H and O–H groups in total. The molecule has 0 aromatic heterocycles. The van der Waals surface area contributed by atoms with Gasteiger partial charge in [-0.2, -0.15) is 0 Å². The highest BCUT2D eigenvalue weighted by Gasteiger charge is 2.39. The third-order valence-corrected chi connectivity index (χ3v) is 4.64. The predicted octanol–water partition coefficient (Wildman–Crippen LogP) is 0.563. The molecule has 0 aliphatic carbocycles. The van der Waals surface area contributed by atoms with Gasteiger partial charge in [-0.25, -0.2) is 0 Å². The molecule has 4 atom stereocenters. The molecule has 3 aliphatic rings. The maximum Gasteiger partial charge on any atom is 0.0509 e. The lowest BCUT2D eigenvalue weighted by Crippen LogP contribution is -2.38. The third-order valence-electron chi connectivity index (χ3n) is 4.64. The molecular weight excluding hydrogens is 188 g/mol. The maximum absolute atomic E-state index is 5.49. The van der Waals surface area contributed by atoms with Gasteiger partial charge in [0.15, 0.2) is 0 Å². The summed E-state index contributed by atoms with van der Waals surface area (Å²) in [4.78, 5) is 2.70. The van der Waals surface area contributed by atoms with E-state index < -0.39 is 0 Å². The second-order valence-corrected chi connectivity index (χ2v) is 5.50. The number of hydrogen-bond donors (Lipinski definition) is 1. The van der Waals surface area contributed by atoms with Crippen LogP contribution < -0.4 is 5.32 Å². The molecular formula is C12H22N2O. The number of nitrogens with one attached hydrogen (secondary N) is 1. The topological polar surface area (TPSA) is 24.5 Å². The van der Waals surface area contributed by atoms with E-state index in [2.05, 4.69) is 17.1 Å². The van der Waals surface area contributed by atoms with Gasteiger partial charge in [-0.3, -0.25) is 4.90 Å². The largest absolute Gasteiger partial charge is 0.381 e. The van der Waals surface area contributed by atoms with Gasteiger partial charge in [-0.1, -0.05) is 0 Å². The molecule has 0 spiro atoms. The molecule has 0 aromatic rings. The summed E-state index contributed by atoms with van der Waals surface area (Å²) in [5.41, 5.74) is 0. The normalized spacial score (nSPS) is 43.4. The summed E-state index contributed by atoms with van der Waals surface area (Å²) in [7, 11) is 0. The monoisotopic (exact) mass is 210 g/mol. The first-order valence-corrected chi connectivity index (χ1v) is 6.37. The highest BCUT2D eigenvalue weighted by molar-refractivity contribution is 4.94. The Morgan fingerprint density at radius 1 is 1.27 bits per heavy atom. The van der Waals surface area contributed by atoms with E-state index in [4.69, 9.17) is 4.74 Å². The minimum Gasteiger partial charge on any atom is -0.381 e. The second kappa shape index (κ2) is 4.04. The van der Waals surface area contributed by atoms with Gasteiger partial charge < -0.3 is 10.1 Å². The molecule has 3 fully saturated rings. The first-order chi connectivity index (χ1) is 7.34. The lowest BCUT2D eigenvalue weighted by molar-refractivity contribution is 0.140. The Morgan fingerprint density at radius 2 is 2.00 bits per heavy atom. The summed E-state index contributed by atoms with van der Waals surface area (Å²) in [6, 6.07) is 0.734. The van der Waals surface area contributed by atoms with Crippen LogP contribution in [0.3, 0.4) is 0 Å². The predicted molar refractivity (Wildman–Crippen MR) is 59.8 cm³/mol. The summed E-state index contributed by atoms with van der Waals surface area (Å²) in [5.74, 6) is 2.64. The molecule has 15 heavy (non-hydrogen) atoms. The Bertz CT molecular complexity index is 216. The quantitative estimate of drug-likeness (QED) is 0.721. The van der Waals surface area contributed by atoms with Crippen LogP contribution in [0.15, 0.2) is 0 Å². The standard InChI is InChI=1S/C12H22N2O/c1-9(10-2-3-15-8-10)14-6-11-4-13-5-12(11)7-14/h9-13H,2-8H2,1H3/t9?,10?,11-,12+. The molecule has 3 heterocycles. The fourth-order valence-electron chi connectivity index (χ4n) is 3.46. The van der Waals surface area contributed by atoms with E-state index >= 15 is 0 Å². The molecule has 3 heteroatoms. The zero-order valence-corrected chi connectivity index (χ0v) is 9.61. The van der Waals surface area contributed by atoms with Crippen LogP contribution in [-0.2, 0) is 4.74 Å². The van der Waals surface area contributed by atoms with E-state index in [9.17, 15) is 0 Å². The van der Waals surface area contributed by atoms with Gasteiger partial charge in [0.05, 0.1) is 6.61 Å². The third kappa shape index (κ3) is 1.81. The van der Waals surface area contributed by atoms with Crippen molar-refractivity contribution in [3.8, 4) is 0 Å². The Balaban J connectivity index is 1.59. The second-order valence-electron chi connectivity index (χ2n) is 5.50. The van der Waals surface area contributed by atoms with Crippen LogP contribution in [0.4, 0.5) is 0 Å². The summed E-state index contributed by atoms with van der Waals surface area (Å²) < 4.78 is 5.49. The van der Waals surface area contributed by atoms with E-state index in [-0.39, 0.29) is 0 Å². The average molecular weight is 210 g/mol. The average Bonchev–Trinajstić information content (AvgIpc) is 2.92. The summed E-state index contributed by atoms with van der Waals surface area (Å²) >= 11 is 0. The molecule has 3 saturated heterocycles. The van der Waals surface area contributed by atoms with Gasteiger partial charge in [0.25, 0.3) is 0 Å². The molecule has 0 radical (unpaired) electrons. The molecule has 0 bridgehead atoms. The van der Waals surface area contributed by atoms with Gasteiger partial charge in [0.2, 0.25) is 0 Å². The number of nitrogens with zero attached hydrogens (tertiary/aromatic N) is 1. The van der Waals surface area contributed by atoms with Gasteiger partial charge >= 0.3 is 0 Å². The molecule has 3 nitrogen and oxygen atoms in total. The maximum atomic E-state index is 5.49. The van der Waals surface area contributed by atoms with Crippen molar-refractivity contribution >= 4 is 0 Å². The fourth-order valence-corrected chi connectivity index (χ4v) is 3.46. The SMILES string of the molecule is CC(C1CCOC1)N1C[C@H]2CNC[C@H]2C1.